The normalized spacial score (nSPS) is 12.7. The van der Waals surface area contributed by atoms with Gasteiger partial charge >= 0.3 is 0 Å². The Labute approximate surface area is 124 Å². The van der Waals surface area contributed by atoms with E-state index >= 15 is 0 Å². The van der Waals surface area contributed by atoms with Gasteiger partial charge in [0.25, 0.3) is 0 Å². The SMILES string of the molecule is CC(NCc1nccn1C)c1ccc2ccccc2c1O. The van der Waals surface area contributed by atoms with Gasteiger partial charge in [-0.1, -0.05) is 36.4 Å². The number of nitrogens with zero attached hydrogens (tertiary/aromatic N) is 2. The van der Waals surface area contributed by atoms with Crippen LogP contribution in [0.1, 0.15) is 24.4 Å². The number of aromatic hydroxyl groups is 1. The Morgan fingerprint density at radius 3 is 2.81 bits per heavy atom. The number of fused-ring (bicyclic) bond motifs is 1. The summed E-state index contributed by atoms with van der Waals surface area (Å²) in [6.07, 6.45) is 3.71. The van der Waals surface area contributed by atoms with Gasteiger partial charge < -0.3 is 15.0 Å². The number of phenolic OH excluding ortho intramolecular Hbond substituents is 1. The van der Waals surface area contributed by atoms with E-state index in [0.717, 1.165) is 22.2 Å². The lowest BCUT2D eigenvalue weighted by atomic mass is 10.0. The van der Waals surface area contributed by atoms with Crippen LogP contribution in [0.25, 0.3) is 10.8 Å². The lowest BCUT2D eigenvalue weighted by Gasteiger charge is -2.16. The summed E-state index contributed by atoms with van der Waals surface area (Å²) in [6.45, 7) is 2.71. The van der Waals surface area contributed by atoms with Gasteiger partial charge in [0.05, 0.1) is 6.54 Å². The largest absolute Gasteiger partial charge is 0.507 e. The van der Waals surface area contributed by atoms with Crippen molar-refractivity contribution in [2.45, 2.75) is 19.5 Å². The Hall–Kier alpha value is -2.33. The van der Waals surface area contributed by atoms with Crippen LogP contribution in [0.5, 0.6) is 5.75 Å². The van der Waals surface area contributed by atoms with Gasteiger partial charge in [0, 0.05) is 36.4 Å². The first-order valence-corrected chi connectivity index (χ1v) is 7.07. The molecule has 1 atom stereocenters. The number of aromatic nitrogens is 2. The molecule has 0 saturated carbocycles. The molecule has 21 heavy (non-hydrogen) atoms. The predicted molar refractivity (Wildman–Crippen MR) is 84.1 cm³/mol. The van der Waals surface area contributed by atoms with Gasteiger partial charge in [0.15, 0.2) is 0 Å². The summed E-state index contributed by atoms with van der Waals surface area (Å²) in [5.41, 5.74) is 0.905. The number of phenols is 1. The third-order valence-corrected chi connectivity index (χ3v) is 3.89. The highest BCUT2D eigenvalue weighted by Gasteiger charge is 2.13. The van der Waals surface area contributed by atoms with Crippen molar-refractivity contribution in [3.8, 4) is 5.75 Å². The number of rotatable bonds is 4. The number of nitrogens with one attached hydrogen (secondary N) is 1. The third kappa shape index (κ3) is 2.62. The van der Waals surface area contributed by atoms with Gasteiger partial charge in [-0.25, -0.2) is 4.98 Å². The zero-order chi connectivity index (χ0) is 14.8. The number of hydrogen-bond donors (Lipinski definition) is 2. The van der Waals surface area contributed by atoms with Gasteiger partial charge in [-0.3, -0.25) is 0 Å². The smallest absolute Gasteiger partial charge is 0.128 e. The average Bonchev–Trinajstić information content (AvgIpc) is 2.91. The Morgan fingerprint density at radius 2 is 2.05 bits per heavy atom. The van der Waals surface area contributed by atoms with Crippen LogP contribution in [-0.4, -0.2) is 14.7 Å². The van der Waals surface area contributed by atoms with Gasteiger partial charge in [-0.15, -0.1) is 0 Å². The Kier molecular flexibility index (Phi) is 3.62. The van der Waals surface area contributed by atoms with E-state index in [0.29, 0.717) is 12.3 Å². The first-order chi connectivity index (χ1) is 10.2. The second-order valence-electron chi connectivity index (χ2n) is 5.28. The molecule has 2 aromatic carbocycles. The third-order valence-electron chi connectivity index (χ3n) is 3.89. The molecule has 0 amide bonds. The van der Waals surface area contributed by atoms with Gasteiger partial charge in [0.2, 0.25) is 0 Å². The van der Waals surface area contributed by atoms with Crippen LogP contribution in [0.4, 0.5) is 0 Å². The van der Waals surface area contributed by atoms with Crippen molar-refractivity contribution in [1.82, 2.24) is 14.9 Å². The van der Waals surface area contributed by atoms with Crippen LogP contribution >= 0.6 is 0 Å². The average molecular weight is 281 g/mol. The van der Waals surface area contributed by atoms with Gasteiger partial charge in [0.1, 0.15) is 11.6 Å². The number of aryl methyl sites for hydroxylation is 1. The topological polar surface area (TPSA) is 50.1 Å². The summed E-state index contributed by atoms with van der Waals surface area (Å²) in [4.78, 5) is 4.29. The van der Waals surface area contributed by atoms with Crippen LogP contribution < -0.4 is 5.32 Å². The number of imidazole rings is 1. The van der Waals surface area contributed by atoms with E-state index in [-0.39, 0.29) is 6.04 Å². The maximum atomic E-state index is 10.5. The summed E-state index contributed by atoms with van der Waals surface area (Å²) >= 11 is 0. The molecule has 1 unspecified atom stereocenters. The van der Waals surface area contributed by atoms with Gasteiger partial charge in [-0.2, -0.15) is 0 Å². The maximum Gasteiger partial charge on any atom is 0.128 e. The number of hydrogen-bond acceptors (Lipinski definition) is 3. The van der Waals surface area contributed by atoms with Crippen LogP contribution in [0.3, 0.4) is 0 Å². The highest BCUT2D eigenvalue weighted by atomic mass is 16.3. The van der Waals surface area contributed by atoms with E-state index in [2.05, 4.69) is 10.3 Å². The van der Waals surface area contributed by atoms with E-state index in [1.54, 1.807) is 6.20 Å². The first kappa shape index (κ1) is 13.6. The van der Waals surface area contributed by atoms with E-state index in [1.165, 1.54) is 0 Å². The van der Waals surface area contributed by atoms with E-state index < -0.39 is 0 Å². The summed E-state index contributed by atoms with van der Waals surface area (Å²) in [5, 5.41) is 15.8. The standard InChI is InChI=1S/C17H19N3O/c1-12(19-11-16-18-9-10-20(16)2)14-8-7-13-5-3-4-6-15(13)17(14)21/h3-10,12,19,21H,11H2,1-2H3. The molecule has 0 bridgehead atoms. The summed E-state index contributed by atoms with van der Waals surface area (Å²) in [7, 11) is 1.97. The second kappa shape index (κ2) is 5.58. The molecular weight excluding hydrogens is 262 g/mol. The molecule has 0 spiro atoms. The van der Waals surface area contributed by atoms with Crippen LogP contribution in [0.2, 0.25) is 0 Å². The minimum absolute atomic E-state index is 0.0475. The lowest BCUT2D eigenvalue weighted by molar-refractivity contribution is 0.456. The van der Waals surface area contributed by atoms with E-state index in [9.17, 15) is 5.11 Å². The summed E-state index contributed by atoms with van der Waals surface area (Å²) in [5.74, 6) is 1.33. The molecule has 0 aliphatic heterocycles. The molecule has 108 valence electrons. The van der Waals surface area contributed by atoms with Crippen LogP contribution in [0.15, 0.2) is 48.8 Å². The molecule has 0 aliphatic carbocycles. The zero-order valence-electron chi connectivity index (χ0n) is 12.2. The van der Waals surface area contributed by atoms with E-state index in [4.69, 9.17) is 0 Å². The maximum absolute atomic E-state index is 10.5. The molecule has 0 fully saturated rings. The van der Waals surface area contributed by atoms with Crippen molar-refractivity contribution >= 4 is 10.8 Å². The molecule has 1 heterocycles. The van der Waals surface area contributed by atoms with Crippen molar-refractivity contribution in [1.29, 1.82) is 0 Å². The van der Waals surface area contributed by atoms with Crippen molar-refractivity contribution in [2.24, 2.45) is 7.05 Å². The minimum atomic E-state index is 0.0475. The fourth-order valence-electron chi connectivity index (χ4n) is 2.54. The molecular formula is C17H19N3O. The highest BCUT2D eigenvalue weighted by molar-refractivity contribution is 5.89. The van der Waals surface area contributed by atoms with E-state index in [1.807, 2.05) is 61.1 Å². The van der Waals surface area contributed by atoms with Crippen molar-refractivity contribution in [2.75, 3.05) is 0 Å². The monoisotopic (exact) mass is 281 g/mol. The van der Waals surface area contributed by atoms with Crippen molar-refractivity contribution < 1.29 is 5.11 Å². The molecule has 0 radical (unpaired) electrons. The van der Waals surface area contributed by atoms with Gasteiger partial charge in [-0.05, 0) is 12.3 Å². The molecule has 1 aromatic heterocycles. The minimum Gasteiger partial charge on any atom is -0.507 e. The quantitative estimate of drug-likeness (QED) is 0.772. The van der Waals surface area contributed by atoms with Crippen molar-refractivity contribution in [3.63, 3.8) is 0 Å². The molecule has 0 aliphatic rings. The summed E-state index contributed by atoms with van der Waals surface area (Å²) in [6, 6.07) is 11.9. The molecule has 0 saturated heterocycles. The van der Waals surface area contributed by atoms with Crippen LogP contribution in [0, 0.1) is 0 Å². The molecule has 4 heteroatoms. The van der Waals surface area contributed by atoms with Crippen molar-refractivity contribution in [3.05, 3.63) is 60.2 Å². The first-order valence-electron chi connectivity index (χ1n) is 7.07. The Morgan fingerprint density at radius 1 is 1.24 bits per heavy atom. The fraction of sp³-hybridized carbons (Fsp3) is 0.235. The predicted octanol–water partition coefficient (Wildman–Crippen LogP) is 3.13. The fourth-order valence-corrected chi connectivity index (χ4v) is 2.54. The Bertz CT molecular complexity index is 764. The molecule has 4 nitrogen and oxygen atoms in total. The molecule has 3 aromatic rings. The van der Waals surface area contributed by atoms with Crippen LogP contribution in [-0.2, 0) is 13.6 Å². The number of benzene rings is 2. The highest BCUT2D eigenvalue weighted by Crippen LogP contribution is 2.32. The zero-order valence-corrected chi connectivity index (χ0v) is 12.2. The second-order valence-corrected chi connectivity index (χ2v) is 5.28. The Balaban J connectivity index is 1.83. The summed E-state index contributed by atoms with van der Waals surface area (Å²) < 4.78 is 1.99. The molecule has 3 rings (SSSR count). The molecule has 2 N–H and O–H groups in total. The lowest BCUT2D eigenvalue weighted by Crippen LogP contribution is -2.20.